The fourth-order valence-electron chi connectivity index (χ4n) is 5.34. The number of aliphatic hydroxyl groups is 1. The normalized spacial score (nSPS) is 27.4. The van der Waals surface area contributed by atoms with Crippen LogP contribution >= 0.6 is 0 Å². The van der Waals surface area contributed by atoms with Crippen LogP contribution in [0, 0.1) is 0 Å². The number of benzene rings is 2. The number of nitrogens with one attached hydrogen (secondary N) is 2. The Morgan fingerprint density at radius 1 is 1.03 bits per heavy atom. The Morgan fingerprint density at radius 2 is 1.79 bits per heavy atom. The van der Waals surface area contributed by atoms with Crippen LogP contribution in [-0.4, -0.2) is 39.8 Å². The zero-order valence-electron chi connectivity index (χ0n) is 18.5. The summed E-state index contributed by atoms with van der Waals surface area (Å²) < 4.78 is 0. The van der Waals surface area contributed by atoms with Crippen molar-refractivity contribution in [3.8, 4) is 0 Å². The van der Waals surface area contributed by atoms with Gasteiger partial charge in [-0.2, -0.15) is 0 Å². The van der Waals surface area contributed by atoms with E-state index in [2.05, 4.69) is 10.6 Å². The minimum absolute atomic E-state index is 0.147. The molecule has 7 heteroatoms. The van der Waals surface area contributed by atoms with E-state index in [0.29, 0.717) is 31.1 Å². The van der Waals surface area contributed by atoms with Crippen LogP contribution in [0.3, 0.4) is 0 Å². The predicted molar refractivity (Wildman–Crippen MR) is 122 cm³/mol. The highest BCUT2D eigenvalue weighted by Crippen LogP contribution is 2.37. The van der Waals surface area contributed by atoms with Crippen molar-refractivity contribution < 1.29 is 19.5 Å². The highest BCUT2D eigenvalue weighted by molar-refractivity contribution is 6.05. The molecule has 1 saturated carbocycles. The highest BCUT2D eigenvalue weighted by Gasteiger charge is 2.39. The van der Waals surface area contributed by atoms with Gasteiger partial charge in [0.2, 0.25) is 11.8 Å². The second-order valence-electron chi connectivity index (χ2n) is 9.44. The fraction of sp³-hybridized carbons (Fsp3) is 0.423. The highest BCUT2D eigenvalue weighted by atomic mass is 16.3. The number of rotatable bonds is 5. The van der Waals surface area contributed by atoms with Crippen LogP contribution in [0.2, 0.25) is 0 Å². The maximum Gasteiger partial charge on any atom is 0.255 e. The standard InChI is InChI=1S/C26H29N3O4/c30-23-9-8-22(24(31)28-23)29-16-18-14-17(6-7-21(18)25(29)32)15-27-20-10-12-26(33,13-11-20)19-4-2-1-3-5-19/h1-7,14,20,22,27,33H,8-13,15-16H2,(H,28,30,31)/t20-,22?,26+. The number of hydrogen-bond acceptors (Lipinski definition) is 5. The topological polar surface area (TPSA) is 98.7 Å². The van der Waals surface area contributed by atoms with E-state index in [9.17, 15) is 19.5 Å². The van der Waals surface area contributed by atoms with Crippen LogP contribution in [0.25, 0.3) is 0 Å². The van der Waals surface area contributed by atoms with Crippen molar-refractivity contribution in [2.45, 2.75) is 69.3 Å². The number of hydrogen-bond donors (Lipinski definition) is 3. The first-order valence-corrected chi connectivity index (χ1v) is 11.7. The Kier molecular flexibility index (Phi) is 5.76. The molecular weight excluding hydrogens is 418 g/mol. The summed E-state index contributed by atoms with van der Waals surface area (Å²) in [6.45, 7) is 1.08. The number of piperidine rings is 1. The average molecular weight is 448 g/mol. The molecule has 33 heavy (non-hydrogen) atoms. The SMILES string of the molecule is O=C1CCC(N2Cc3cc(CN[C@H]4CC[C@](O)(c5ccccc5)CC4)ccc3C2=O)C(=O)N1. The minimum Gasteiger partial charge on any atom is -0.385 e. The zero-order chi connectivity index (χ0) is 23.0. The van der Waals surface area contributed by atoms with E-state index in [0.717, 1.165) is 42.4 Å². The van der Waals surface area contributed by atoms with Crippen molar-refractivity contribution in [2.24, 2.45) is 0 Å². The van der Waals surface area contributed by atoms with Crippen molar-refractivity contribution in [3.63, 3.8) is 0 Å². The molecule has 1 atom stereocenters. The van der Waals surface area contributed by atoms with Gasteiger partial charge in [0, 0.05) is 31.1 Å². The number of fused-ring (bicyclic) bond motifs is 1. The van der Waals surface area contributed by atoms with E-state index in [1.165, 1.54) is 0 Å². The molecule has 7 nitrogen and oxygen atoms in total. The summed E-state index contributed by atoms with van der Waals surface area (Å²) in [5, 5.41) is 17.0. The molecule has 3 amide bonds. The van der Waals surface area contributed by atoms with Gasteiger partial charge in [0.15, 0.2) is 0 Å². The Hall–Kier alpha value is -3.03. The summed E-state index contributed by atoms with van der Waals surface area (Å²) in [6, 6.07) is 15.5. The van der Waals surface area contributed by atoms with Gasteiger partial charge in [0.1, 0.15) is 6.04 Å². The van der Waals surface area contributed by atoms with Crippen molar-refractivity contribution in [1.82, 2.24) is 15.5 Å². The van der Waals surface area contributed by atoms with Crippen LogP contribution in [0.5, 0.6) is 0 Å². The van der Waals surface area contributed by atoms with Crippen LogP contribution < -0.4 is 10.6 Å². The second-order valence-corrected chi connectivity index (χ2v) is 9.44. The van der Waals surface area contributed by atoms with Crippen LogP contribution in [-0.2, 0) is 28.3 Å². The lowest BCUT2D eigenvalue weighted by Gasteiger charge is -2.37. The molecule has 0 aromatic heterocycles. The number of nitrogens with zero attached hydrogens (tertiary/aromatic N) is 1. The summed E-state index contributed by atoms with van der Waals surface area (Å²) >= 11 is 0. The maximum absolute atomic E-state index is 12.8. The summed E-state index contributed by atoms with van der Waals surface area (Å²) in [5.41, 5.74) is 2.90. The number of carbonyl (C=O) groups excluding carboxylic acids is 3. The predicted octanol–water partition coefficient (Wildman–Crippen LogP) is 2.37. The molecule has 0 spiro atoms. The van der Waals surface area contributed by atoms with Gasteiger partial charge in [-0.25, -0.2) is 0 Å². The monoisotopic (exact) mass is 447 g/mol. The Bertz CT molecular complexity index is 1080. The van der Waals surface area contributed by atoms with Crippen molar-refractivity contribution >= 4 is 17.7 Å². The molecule has 2 fully saturated rings. The minimum atomic E-state index is -0.743. The molecule has 1 aliphatic carbocycles. The molecule has 2 aliphatic heterocycles. The first-order chi connectivity index (χ1) is 15.9. The lowest BCUT2D eigenvalue weighted by Crippen LogP contribution is -2.52. The van der Waals surface area contributed by atoms with Gasteiger partial charge >= 0.3 is 0 Å². The van der Waals surface area contributed by atoms with E-state index in [-0.39, 0.29) is 24.1 Å². The molecule has 2 heterocycles. The first-order valence-electron chi connectivity index (χ1n) is 11.7. The van der Waals surface area contributed by atoms with Gasteiger partial charge in [0.05, 0.1) is 5.60 Å². The van der Waals surface area contributed by atoms with Gasteiger partial charge in [-0.1, -0.05) is 42.5 Å². The molecule has 1 unspecified atom stereocenters. The average Bonchev–Trinajstić information content (AvgIpc) is 3.15. The van der Waals surface area contributed by atoms with Crippen LogP contribution in [0.1, 0.15) is 65.6 Å². The van der Waals surface area contributed by atoms with Gasteiger partial charge in [-0.05, 0) is 54.9 Å². The third kappa shape index (κ3) is 4.30. The van der Waals surface area contributed by atoms with E-state index in [1.54, 1.807) is 4.90 Å². The molecule has 2 aromatic rings. The third-order valence-electron chi connectivity index (χ3n) is 7.31. The Morgan fingerprint density at radius 3 is 2.52 bits per heavy atom. The van der Waals surface area contributed by atoms with Gasteiger partial charge in [-0.3, -0.25) is 19.7 Å². The molecule has 1 saturated heterocycles. The van der Waals surface area contributed by atoms with E-state index in [4.69, 9.17) is 0 Å². The molecule has 5 rings (SSSR count). The molecule has 3 N–H and O–H groups in total. The lowest BCUT2D eigenvalue weighted by atomic mass is 9.78. The van der Waals surface area contributed by atoms with Gasteiger partial charge < -0.3 is 15.3 Å². The third-order valence-corrected chi connectivity index (χ3v) is 7.31. The quantitative estimate of drug-likeness (QED) is 0.612. The zero-order valence-corrected chi connectivity index (χ0v) is 18.5. The molecule has 0 bridgehead atoms. The molecule has 172 valence electrons. The summed E-state index contributed by atoms with van der Waals surface area (Å²) in [5.74, 6) is -0.813. The molecule has 0 radical (unpaired) electrons. The van der Waals surface area contributed by atoms with Gasteiger partial charge in [0.25, 0.3) is 5.91 Å². The lowest BCUT2D eigenvalue weighted by molar-refractivity contribution is -0.136. The van der Waals surface area contributed by atoms with E-state index >= 15 is 0 Å². The van der Waals surface area contributed by atoms with Crippen LogP contribution in [0.4, 0.5) is 0 Å². The van der Waals surface area contributed by atoms with Gasteiger partial charge in [-0.15, -0.1) is 0 Å². The largest absolute Gasteiger partial charge is 0.385 e. The number of imide groups is 1. The number of amides is 3. The van der Waals surface area contributed by atoms with E-state index in [1.807, 2.05) is 48.5 Å². The summed E-state index contributed by atoms with van der Waals surface area (Å²) in [7, 11) is 0. The maximum atomic E-state index is 12.8. The Labute approximate surface area is 193 Å². The van der Waals surface area contributed by atoms with Crippen molar-refractivity contribution in [2.75, 3.05) is 0 Å². The van der Waals surface area contributed by atoms with E-state index < -0.39 is 11.6 Å². The number of carbonyl (C=O) groups is 3. The summed E-state index contributed by atoms with van der Waals surface area (Å²) in [6.07, 6.45) is 3.89. The van der Waals surface area contributed by atoms with Crippen molar-refractivity contribution in [3.05, 3.63) is 70.8 Å². The molecule has 2 aromatic carbocycles. The first kappa shape index (κ1) is 21.8. The fourth-order valence-corrected chi connectivity index (χ4v) is 5.34. The van der Waals surface area contributed by atoms with Crippen molar-refractivity contribution in [1.29, 1.82) is 0 Å². The summed E-state index contributed by atoms with van der Waals surface area (Å²) in [4.78, 5) is 38.1. The molecular formula is C26H29N3O4. The Balaban J connectivity index is 1.18. The van der Waals surface area contributed by atoms with Crippen LogP contribution in [0.15, 0.2) is 48.5 Å². The second kappa shape index (κ2) is 8.72. The molecule has 3 aliphatic rings. The smallest absolute Gasteiger partial charge is 0.255 e.